The SMILES string of the molecule is [B]c1cccc(C/C(N=CC)=c2\ccccc2=C)c1. The first-order chi connectivity index (χ1) is 9.20. The molecule has 0 bridgehead atoms. The van der Waals surface area contributed by atoms with Crippen molar-refractivity contribution in [1.29, 1.82) is 0 Å². The van der Waals surface area contributed by atoms with Gasteiger partial charge in [0.15, 0.2) is 0 Å². The van der Waals surface area contributed by atoms with Crippen molar-refractivity contribution in [3.8, 4) is 0 Å². The number of benzene rings is 2. The molecule has 0 fully saturated rings. The van der Waals surface area contributed by atoms with Crippen molar-refractivity contribution >= 4 is 31.8 Å². The van der Waals surface area contributed by atoms with E-state index in [0.29, 0.717) is 0 Å². The molecule has 0 saturated carbocycles. The summed E-state index contributed by atoms with van der Waals surface area (Å²) in [4.78, 5) is 4.49. The third-order valence-corrected chi connectivity index (χ3v) is 2.94. The molecule has 0 aliphatic carbocycles. The van der Waals surface area contributed by atoms with E-state index in [1.807, 2.05) is 49.5 Å². The Morgan fingerprint density at radius 2 is 2.00 bits per heavy atom. The zero-order chi connectivity index (χ0) is 13.7. The van der Waals surface area contributed by atoms with Crippen LogP contribution in [-0.4, -0.2) is 14.1 Å². The first kappa shape index (κ1) is 13.3. The minimum Gasteiger partial charge on any atom is -0.265 e. The Labute approximate surface area is 115 Å². The Hall–Kier alpha value is -2.09. The van der Waals surface area contributed by atoms with Crippen molar-refractivity contribution in [2.24, 2.45) is 4.99 Å². The lowest BCUT2D eigenvalue weighted by molar-refractivity contribution is 1.22. The third kappa shape index (κ3) is 3.44. The van der Waals surface area contributed by atoms with Gasteiger partial charge < -0.3 is 0 Å². The van der Waals surface area contributed by atoms with Crippen molar-refractivity contribution in [1.82, 2.24) is 0 Å². The van der Waals surface area contributed by atoms with Crippen LogP contribution in [0.25, 0.3) is 12.3 Å². The van der Waals surface area contributed by atoms with Crippen LogP contribution in [0.1, 0.15) is 12.5 Å². The highest BCUT2D eigenvalue weighted by molar-refractivity contribution is 6.32. The molecule has 0 spiro atoms. The topological polar surface area (TPSA) is 12.4 Å². The number of hydrogen-bond acceptors (Lipinski definition) is 1. The maximum Gasteiger partial charge on any atom is 0.113 e. The van der Waals surface area contributed by atoms with Gasteiger partial charge in [-0.3, -0.25) is 4.99 Å². The molecule has 1 nitrogen and oxygen atoms in total. The molecule has 0 aromatic heterocycles. The van der Waals surface area contributed by atoms with Gasteiger partial charge in [-0.1, -0.05) is 60.6 Å². The molecule has 0 aliphatic rings. The van der Waals surface area contributed by atoms with E-state index in [9.17, 15) is 0 Å². The van der Waals surface area contributed by atoms with E-state index in [-0.39, 0.29) is 0 Å². The van der Waals surface area contributed by atoms with Crippen LogP contribution in [0.15, 0.2) is 53.5 Å². The summed E-state index contributed by atoms with van der Waals surface area (Å²) in [6.45, 7) is 5.99. The van der Waals surface area contributed by atoms with Gasteiger partial charge in [-0.2, -0.15) is 0 Å². The summed E-state index contributed by atoms with van der Waals surface area (Å²) < 4.78 is 0. The van der Waals surface area contributed by atoms with Crippen molar-refractivity contribution in [2.75, 3.05) is 0 Å². The molecule has 2 aromatic rings. The minimum absolute atomic E-state index is 0.752. The zero-order valence-corrected chi connectivity index (χ0v) is 11.1. The van der Waals surface area contributed by atoms with Crippen LogP contribution >= 0.6 is 0 Å². The van der Waals surface area contributed by atoms with Gasteiger partial charge in [0, 0.05) is 17.9 Å². The Bertz CT molecular complexity index is 701. The van der Waals surface area contributed by atoms with Crippen LogP contribution in [0, 0.1) is 0 Å². The molecule has 0 unspecified atom stereocenters. The van der Waals surface area contributed by atoms with E-state index in [0.717, 1.165) is 33.6 Å². The van der Waals surface area contributed by atoms with Crippen molar-refractivity contribution < 1.29 is 0 Å². The van der Waals surface area contributed by atoms with Gasteiger partial charge in [0.2, 0.25) is 0 Å². The summed E-state index contributed by atoms with van der Waals surface area (Å²) >= 11 is 0. The predicted molar refractivity (Wildman–Crippen MR) is 84.3 cm³/mol. The Kier molecular flexibility index (Phi) is 4.35. The summed E-state index contributed by atoms with van der Waals surface area (Å²) in [6.07, 6.45) is 2.57. The number of rotatable bonds is 3. The molecule has 0 aliphatic heterocycles. The van der Waals surface area contributed by atoms with Crippen molar-refractivity contribution in [3.05, 3.63) is 64.5 Å². The molecular weight excluding hydrogens is 229 g/mol. The van der Waals surface area contributed by atoms with Gasteiger partial charge in [-0.25, -0.2) is 0 Å². The molecule has 2 radical (unpaired) electrons. The first-order valence-electron chi connectivity index (χ1n) is 6.31. The average Bonchev–Trinajstić information content (AvgIpc) is 2.39. The van der Waals surface area contributed by atoms with Gasteiger partial charge in [-0.15, -0.1) is 0 Å². The predicted octanol–water partition coefficient (Wildman–Crippen LogP) is 1.33. The fourth-order valence-corrected chi connectivity index (χ4v) is 2.06. The third-order valence-electron chi connectivity index (χ3n) is 2.94. The van der Waals surface area contributed by atoms with E-state index >= 15 is 0 Å². The van der Waals surface area contributed by atoms with E-state index < -0.39 is 0 Å². The summed E-state index contributed by atoms with van der Waals surface area (Å²) in [5.41, 5.74) is 2.95. The lowest BCUT2D eigenvalue weighted by atomic mass is 9.93. The molecule has 0 heterocycles. The highest BCUT2D eigenvalue weighted by atomic mass is 14.7. The van der Waals surface area contributed by atoms with Crippen LogP contribution in [-0.2, 0) is 6.42 Å². The molecule has 2 aromatic carbocycles. The van der Waals surface area contributed by atoms with Crippen molar-refractivity contribution in [2.45, 2.75) is 13.3 Å². The maximum atomic E-state index is 5.82. The summed E-state index contributed by atoms with van der Waals surface area (Å²) in [5.74, 6) is 0. The lowest BCUT2D eigenvalue weighted by Crippen LogP contribution is -2.25. The average molecular weight is 245 g/mol. The Balaban J connectivity index is 2.52. The van der Waals surface area contributed by atoms with Crippen LogP contribution in [0.3, 0.4) is 0 Å². The van der Waals surface area contributed by atoms with E-state index in [4.69, 9.17) is 7.85 Å². The van der Waals surface area contributed by atoms with E-state index in [1.165, 1.54) is 0 Å². The maximum absolute atomic E-state index is 5.82. The Morgan fingerprint density at radius 3 is 2.68 bits per heavy atom. The summed E-state index contributed by atoms with van der Waals surface area (Å²) in [5, 5.41) is 2.08. The number of nitrogens with zero attached hydrogens (tertiary/aromatic N) is 1. The highest BCUT2D eigenvalue weighted by Crippen LogP contribution is 2.07. The van der Waals surface area contributed by atoms with Crippen LogP contribution in [0.2, 0.25) is 0 Å². The minimum atomic E-state index is 0.752. The summed E-state index contributed by atoms with van der Waals surface area (Å²) in [6, 6.07) is 15.9. The second-order valence-electron chi connectivity index (χ2n) is 4.41. The highest BCUT2D eigenvalue weighted by Gasteiger charge is 2.00. The van der Waals surface area contributed by atoms with E-state index in [1.54, 1.807) is 0 Å². The van der Waals surface area contributed by atoms with E-state index in [2.05, 4.69) is 23.7 Å². The molecular formula is C17H16BN. The van der Waals surface area contributed by atoms with Crippen LogP contribution < -0.4 is 15.9 Å². The molecule has 2 rings (SSSR count). The molecule has 0 N–H and O–H groups in total. The lowest BCUT2D eigenvalue weighted by Gasteiger charge is -2.04. The molecule has 2 heteroatoms. The van der Waals surface area contributed by atoms with Gasteiger partial charge in [0.25, 0.3) is 0 Å². The van der Waals surface area contributed by atoms with Gasteiger partial charge in [0.05, 0.1) is 5.70 Å². The largest absolute Gasteiger partial charge is 0.265 e. The quantitative estimate of drug-likeness (QED) is 0.571. The molecule has 92 valence electrons. The second kappa shape index (κ2) is 6.19. The van der Waals surface area contributed by atoms with Crippen molar-refractivity contribution in [3.63, 3.8) is 0 Å². The standard InChI is InChI=1S/C17H16BN/c1-3-19-17(16-10-5-4-7-13(16)2)12-14-8-6-9-15(18)11-14/h3-11H,2,12H2,1H3/b17-16-,19-3?. The van der Waals surface area contributed by atoms with Gasteiger partial charge >= 0.3 is 0 Å². The number of aliphatic imine (C=N–C) groups is 1. The fourth-order valence-electron chi connectivity index (χ4n) is 2.06. The number of hydrogen-bond donors (Lipinski definition) is 0. The first-order valence-corrected chi connectivity index (χ1v) is 6.31. The Morgan fingerprint density at radius 1 is 1.21 bits per heavy atom. The van der Waals surface area contributed by atoms with Crippen LogP contribution in [0.4, 0.5) is 0 Å². The monoisotopic (exact) mass is 245 g/mol. The molecule has 0 atom stereocenters. The van der Waals surface area contributed by atoms with Crippen LogP contribution in [0.5, 0.6) is 0 Å². The molecule has 0 amide bonds. The normalized spacial score (nSPS) is 12.7. The fraction of sp³-hybridized carbons (Fsp3) is 0.118. The molecule has 0 saturated heterocycles. The summed E-state index contributed by atoms with van der Waals surface area (Å²) in [7, 11) is 5.82. The second-order valence-corrected chi connectivity index (χ2v) is 4.41. The molecule has 19 heavy (non-hydrogen) atoms. The smallest absolute Gasteiger partial charge is 0.113 e. The van der Waals surface area contributed by atoms with Gasteiger partial charge in [0.1, 0.15) is 7.85 Å². The zero-order valence-electron chi connectivity index (χ0n) is 11.1. The van der Waals surface area contributed by atoms with Gasteiger partial charge in [-0.05, 0) is 17.7 Å².